The second kappa shape index (κ2) is 11.1. The van der Waals surface area contributed by atoms with Gasteiger partial charge in [-0.3, -0.25) is 9.69 Å². The third-order valence-electron chi connectivity index (χ3n) is 8.27. The Morgan fingerprint density at radius 3 is 2.30 bits per heavy atom. The number of urea groups is 1. The van der Waals surface area contributed by atoms with Gasteiger partial charge in [-0.2, -0.15) is 0 Å². The minimum Gasteiger partial charge on any atom is -0.497 e. The van der Waals surface area contributed by atoms with Crippen LogP contribution in [0, 0.1) is 5.92 Å². The Kier molecular flexibility index (Phi) is 7.77. The summed E-state index contributed by atoms with van der Waals surface area (Å²) < 4.78 is 10.9. The Morgan fingerprint density at radius 1 is 1.00 bits per heavy atom. The molecular formula is C31H40N4O5. The van der Waals surface area contributed by atoms with Gasteiger partial charge in [0.25, 0.3) is 5.91 Å². The molecule has 2 atom stereocenters. The molecule has 40 heavy (non-hydrogen) atoms. The van der Waals surface area contributed by atoms with Crippen molar-refractivity contribution in [2.75, 3.05) is 39.8 Å². The van der Waals surface area contributed by atoms with Crippen LogP contribution in [-0.4, -0.2) is 83.7 Å². The fourth-order valence-electron chi connectivity index (χ4n) is 6.13. The summed E-state index contributed by atoms with van der Waals surface area (Å²) >= 11 is 0. The lowest BCUT2D eigenvalue weighted by molar-refractivity contribution is -0.133. The highest BCUT2D eigenvalue weighted by molar-refractivity contribution is 6.07. The third-order valence-corrected chi connectivity index (χ3v) is 8.27. The number of methoxy groups -OCH3 is 1. The number of amides is 4. The predicted octanol–water partition coefficient (Wildman–Crippen LogP) is 4.23. The fraction of sp³-hybridized carbons (Fsp3) is 0.516. The van der Waals surface area contributed by atoms with Gasteiger partial charge < -0.3 is 24.6 Å². The molecule has 3 aliphatic heterocycles. The molecule has 0 aliphatic carbocycles. The molecule has 3 saturated heterocycles. The van der Waals surface area contributed by atoms with Crippen LogP contribution in [0.15, 0.2) is 54.6 Å². The number of carbonyl (C=O) groups excluding carboxylic acids is 3. The van der Waals surface area contributed by atoms with Gasteiger partial charge in [0.2, 0.25) is 0 Å². The van der Waals surface area contributed by atoms with Gasteiger partial charge in [0.1, 0.15) is 16.9 Å². The second-order valence-electron chi connectivity index (χ2n) is 12.2. The van der Waals surface area contributed by atoms with Crippen LogP contribution >= 0.6 is 0 Å². The molecule has 5 rings (SSSR count). The number of hydrogen-bond donors (Lipinski definition) is 1. The van der Waals surface area contributed by atoms with Crippen molar-refractivity contribution in [2.45, 2.75) is 57.2 Å². The van der Waals surface area contributed by atoms with Crippen molar-refractivity contribution in [3.63, 3.8) is 0 Å². The molecule has 1 N–H and O–H groups in total. The Balaban J connectivity index is 1.22. The second-order valence-corrected chi connectivity index (χ2v) is 12.2. The van der Waals surface area contributed by atoms with E-state index in [1.165, 1.54) is 10.5 Å². The van der Waals surface area contributed by atoms with E-state index in [9.17, 15) is 14.4 Å². The molecule has 1 spiro atoms. The highest BCUT2D eigenvalue weighted by Gasteiger charge is 2.52. The van der Waals surface area contributed by atoms with Gasteiger partial charge >= 0.3 is 12.1 Å². The minimum absolute atomic E-state index is 0.146. The number of piperidine rings is 1. The molecule has 3 fully saturated rings. The normalized spacial score (nSPS) is 23.0. The Labute approximate surface area is 236 Å². The van der Waals surface area contributed by atoms with Crippen LogP contribution in [0.2, 0.25) is 0 Å². The number of carbonyl (C=O) groups is 3. The van der Waals surface area contributed by atoms with Crippen molar-refractivity contribution in [3.05, 3.63) is 65.7 Å². The molecule has 0 bridgehead atoms. The SMILES string of the molecule is COc1ccc(CN2C(=O)NC3(CCN(C[C@H]4CN(C(=O)OC(C)(C)C)C[C@@H]4c4ccccc4)CC3)C2=O)cc1. The quantitative estimate of drug-likeness (QED) is 0.544. The van der Waals surface area contributed by atoms with Crippen molar-refractivity contribution in [3.8, 4) is 5.75 Å². The smallest absolute Gasteiger partial charge is 0.410 e. The fourth-order valence-corrected chi connectivity index (χ4v) is 6.13. The number of ether oxygens (including phenoxy) is 2. The molecule has 214 valence electrons. The molecule has 3 heterocycles. The molecule has 0 unspecified atom stereocenters. The number of hydrogen-bond acceptors (Lipinski definition) is 6. The van der Waals surface area contributed by atoms with E-state index in [1.54, 1.807) is 7.11 Å². The zero-order valence-electron chi connectivity index (χ0n) is 23.9. The zero-order chi connectivity index (χ0) is 28.5. The summed E-state index contributed by atoms with van der Waals surface area (Å²) in [7, 11) is 1.61. The van der Waals surface area contributed by atoms with E-state index in [0.717, 1.165) is 17.9 Å². The van der Waals surface area contributed by atoms with E-state index in [2.05, 4.69) is 22.3 Å². The number of imide groups is 1. The van der Waals surface area contributed by atoms with Gasteiger partial charge in [0.05, 0.1) is 13.7 Å². The number of nitrogens with one attached hydrogen (secondary N) is 1. The molecule has 0 saturated carbocycles. The number of benzene rings is 2. The molecule has 9 heteroatoms. The summed E-state index contributed by atoms with van der Waals surface area (Å²) in [5.41, 5.74) is 0.704. The van der Waals surface area contributed by atoms with E-state index < -0.39 is 11.1 Å². The molecule has 3 aliphatic rings. The first-order chi connectivity index (χ1) is 19.1. The maximum absolute atomic E-state index is 13.5. The molecule has 0 radical (unpaired) electrons. The third kappa shape index (κ3) is 5.94. The van der Waals surface area contributed by atoms with Gasteiger partial charge in [-0.1, -0.05) is 42.5 Å². The van der Waals surface area contributed by atoms with Crippen molar-refractivity contribution >= 4 is 18.0 Å². The van der Waals surface area contributed by atoms with Gasteiger partial charge in [-0.05, 0) is 62.8 Å². The highest BCUT2D eigenvalue weighted by atomic mass is 16.6. The summed E-state index contributed by atoms with van der Waals surface area (Å²) in [6.07, 6.45) is 0.856. The summed E-state index contributed by atoms with van der Waals surface area (Å²) in [4.78, 5) is 44.8. The first-order valence-electron chi connectivity index (χ1n) is 14.1. The topological polar surface area (TPSA) is 91.4 Å². The first-order valence-corrected chi connectivity index (χ1v) is 14.1. The van der Waals surface area contributed by atoms with Crippen molar-refractivity contribution in [1.29, 1.82) is 0 Å². The van der Waals surface area contributed by atoms with E-state index in [1.807, 2.05) is 68.1 Å². The van der Waals surface area contributed by atoms with Crippen molar-refractivity contribution < 1.29 is 23.9 Å². The lowest BCUT2D eigenvalue weighted by Gasteiger charge is -2.38. The molecule has 4 amide bonds. The summed E-state index contributed by atoms with van der Waals surface area (Å²) in [6.45, 7) is 9.36. The van der Waals surface area contributed by atoms with Gasteiger partial charge in [0.15, 0.2) is 0 Å². The van der Waals surface area contributed by atoms with Crippen molar-refractivity contribution in [2.24, 2.45) is 5.92 Å². The van der Waals surface area contributed by atoms with Crippen LogP contribution in [0.5, 0.6) is 5.75 Å². The van der Waals surface area contributed by atoms with Crippen LogP contribution in [0.3, 0.4) is 0 Å². The summed E-state index contributed by atoms with van der Waals surface area (Å²) in [6, 6.07) is 17.4. The molecular weight excluding hydrogens is 508 g/mol. The van der Waals surface area contributed by atoms with Crippen LogP contribution in [0.1, 0.15) is 50.7 Å². The van der Waals surface area contributed by atoms with E-state index in [4.69, 9.17) is 9.47 Å². The Bertz CT molecular complexity index is 1220. The predicted molar refractivity (Wildman–Crippen MR) is 151 cm³/mol. The lowest BCUT2D eigenvalue weighted by atomic mass is 9.85. The van der Waals surface area contributed by atoms with Crippen LogP contribution in [0.4, 0.5) is 9.59 Å². The number of rotatable bonds is 6. The lowest BCUT2D eigenvalue weighted by Crippen LogP contribution is -2.55. The molecule has 9 nitrogen and oxygen atoms in total. The average molecular weight is 549 g/mol. The minimum atomic E-state index is -0.850. The van der Waals surface area contributed by atoms with Gasteiger partial charge in [0, 0.05) is 38.6 Å². The molecule has 2 aromatic rings. The standard InChI is InChI=1S/C31H40N4O5/c1-30(2,3)40-29(38)34-20-24(26(21-34)23-8-6-5-7-9-23)19-33-16-14-31(15-17-33)27(36)35(28(37)32-31)18-22-10-12-25(39-4)13-11-22/h5-13,24,26H,14-21H2,1-4H3,(H,32,37)/t24-,26+/m0/s1. The molecule has 0 aromatic heterocycles. The summed E-state index contributed by atoms with van der Waals surface area (Å²) in [5.74, 6) is 1.03. The van der Waals surface area contributed by atoms with E-state index in [-0.39, 0.29) is 36.4 Å². The van der Waals surface area contributed by atoms with Crippen LogP contribution < -0.4 is 10.1 Å². The van der Waals surface area contributed by atoms with Crippen LogP contribution in [-0.2, 0) is 16.1 Å². The van der Waals surface area contributed by atoms with E-state index >= 15 is 0 Å². The number of likely N-dealkylation sites (tertiary alicyclic amines) is 2. The first kappa shape index (κ1) is 28.0. The number of nitrogens with zero attached hydrogens (tertiary/aromatic N) is 3. The summed E-state index contributed by atoms with van der Waals surface area (Å²) in [5, 5.41) is 3.02. The average Bonchev–Trinajstić information content (AvgIpc) is 3.45. The zero-order valence-corrected chi connectivity index (χ0v) is 23.9. The van der Waals surface area contributed by atoms with Crippen molar-refractivity contribution in [1.82, 2.24) is 20.0 Å². The van der Waals surface area contributed by atoms with E-state index in [0.29, 0.717) is 39.0 Å². The maximum atomic E-state index is 13.5. The monoisotopic (exact) mass is 548 g/mol. The largest absolute Gasteiger partial charge is 0.497 e. The molecule has 2 aromatic carbocycles. The maximum Gasteiger partial charge on any atom is 0.410 e. The Hall–Kier alpha value is -3.59. The van der Waals surface area contributed by atoms with Crippen LogP contribution in [0.25, 0.3) is 0 Å². The Morgan fingerprint density at radius 2 is 1.68 bits per heavy atom. The van der Waals surface area contributed by atoms with Gasteiger partial charge in [-0.15, -0.1) is 0 Å². The van der Waals surface area contributed by atoms with Gasteiger partial charge in [-0.25, -0.2) is 9.59 Å². The highest BCUT2D eigenvalue weighted by Crippen LogP contribution is 2.36.